The number of nitrogens with zero attached hydrogens (tertiary/aromatic N) is 2. The molecule has 2 aliphatic heterocycles. The Balaban J connectivity index is 1.84. The molecule has 2 saturated heterocycles. The molecule has 1 unspecified atom stereocenters. The van der Waals surface area contributed by atoms with Crippen LogP contribution in [0.4, 0.5) is 0 Å². The number of rotatable bonds is 1. The molecule has 0 spiro atoms. The molecule has 0 N–H and O–H groups in total. The van der Waals surface area contributed by atoms with E-state index in [2.05, 4.69) is 30.9 Å². The predicted molar refractivity (Wildman–Crippen MR) is 56.5 cm³/mol. The number of halogens is 1. The third-order valence-electron chi connectivity index (χ3n) is 2.62. The molecule has 0 radical (unpaired) electrons. The average molecular weight is 296 g/mol. The summed E-state index contributed by atoms with van der Waals surface area (Å²) in [5.74, 6) is -0.0399. The summed E-state index contributed by atoms with van der Waals surface area (Å²) in [5, 5.41) is 0. The van der Waals surface area contributed by atoms with Gasteiger partial charge in [0.25, 0.3) is 0 Å². The van der Waals surface area contributed by atoms with Crippen molar-refractivity contribution in [2.45, 2.75) is 12.5 Å². The number of carbonyl (C=O) groups is 1. The van der Waals surface area contributed by atoms with Gasteiger partial charge in [0.1, 0.15) is 6.61 Å². The van der Waals surface area contributed by atoms with Gasteiger partial charge in [0, 0.05) is 49.0 Å². The molecule has 0 aromatic rings. The molecule has 2 rings (SSSR count). The van der Waals surface area contributed by atoms with Crippen molar-refractivity contribution in [2.75, 3.05) is 32.8 Å². The highest BCUT2D eigenvalue weighted by molar-refractivity contribution is 14.1. The van der Waals surface area contributed by atoms with E-state index in [4.69, 9.17) is 4.74 Å². The van der Waals surface area contributed by atoms with Crippen LogP contribution in [0.3, 0.4) is 0 Å². The molecule has 0 aromatic heterocycles. The van der Waals surface area contributed by atoms with Gasteiger partial charge in [0.05, 0.1) is 12.5 Å². The van der Waals surface area contributed by atoms with Crippen LogP contribution < -0.4 is 0 Å². The molecule has 1 atom stereocenters. The number of hydrogen-bond acceptors (Lipinski definition) is 4. The van der Waals surface area contributed by atoms with Crippen molar-refractivity contribution < 1.29 is 9.53 Å². The second-order valence-electron chi connectivity index (χ2n) is 3.49. The van der Waals surface area contributed by atoms with E-state index in [9.17, 15) is 4.79 Å². The third-order valence-corrected chi connectivity index (χ3v) is 3.58. The monoisotopic (exact) mass is 296 g/mol. The Morgan fingerprint density at radius 3 is 2.54 bits per heavy atom. The summed E-state index contributed by atoms with van der Waals surface area (Å²) in [6.45, 7) is 4.89. The molecular formula is C8H13IN2O2. The van der Waals surface area contributed by atoms with E-state index in [-0.39, 0.29) is 5.97 Å². The minimum absolute atomic E-state index is 0.0399. The molecule has 4 nitrogen and oxygen atoms in total. The van der Waals surface area contributed by atoms with Gasteiger partial charge in [-0.1, -0.05) is 0 Å². The predicted octanol–water partition coefficient (Wildman–Crippen LogP) is 0.270. The average Bonchev–Trinajstić information content (AvgIpc) is 2.53. The fourth-order valence-corrected chi connectivity index (χ4v) is 2.23. The Morgan fingerprint density at radius 1 is 1.31 bits per heavy atom. The second kappa shape index (κ2) is 4.10. The van der Waals surface area contributed by atoms with Crippen molar-refractivity contribution >= 4 is 28.8 Å². The molecule has 0 saturated carbocycles. The molecule has 0 aromatic carbocycles. The third kappa shape index (κ3) is 2.32. The normalized spacial score (nSPS) is 32.1. The molecule has 0 aliphatic carbocycles. The van der Waals surface area contributed by atoms with Gasteiger partial charge >= 0.3 is 5.97 Å². The van der Waals surface area contributed by atoms with Crippen molar-refractivity contribution in [3.8, 4) is 0 Å². The summed E-state index contributed by atoms with van der Waals surface area (Å²) in [6.07, 6.45) is 0.585. The first-order chi connectivity index (χ1) is 6.25. The molecule has 5 heteroatoms. The lowest BCUT2D eigenvalue weighted by atomic mass is 10.2. The zero-order valence-electron chi connectivity index (χ0n) is 7.41. The van der Waals surface area contributed by atoms with Gasteiger partial charge in [-0.05, 0) is 0 Å². The van der Waals surface area contributed by atoms with Crippen molar-refractivity contribution in [1.29, 1.82) is 0 Å². The minimum Gasteiger partial charge on any atom is -0.464 e. The highest BCUT2D eigenvalue weighted by atomic mass is 127. The standard InChI is InChI=1S/C8H13IN2O2/c9-11-3-1-10(2-4-11)7-5-8(12)13-6-7/h7H,1-6H2. The largest absolute Gasteiger partial charge is 0.464 e. The molecule has 74 valence electrons. The zero-order chi connectivity index (χ0) is 9.26. The Bertz CT molecular complexity index is 204. The minimum atomic E-state index is -0.0399. The maximum Gasteiger partial charge on any atom is 0.307 e. The summed E-state index contributed by atoms with van der Waals surface area (Å²) < 4.78 is 7.23. The lowest BCUT2D eigenvalue weighted by Crippen LogP contribution is -2.47. The Kier molecular flexibility index (Phi) is 3.05. The van der Waals surface area contributed by atoms with Crippen LogP contribution in [-0.4, -0.2) is 52.8 Å². The fraction of sp³-hybridized carbons (Fsp3) is 0.875. The topological polar surface area (TPSA) is 32.8 Å². The molecule has 0 bridgehead atoms. The van der Waals surface area contributed by atoms with Crippen LogP contribution >= 0.6 is 22.9 Å². The van der Waals surface area contributed by atoms with E-state index >= 15 is 0 Å². The van der Waals surface area contributed by atoms with Gasteiger partial charge in [-0.3, -0.25) is 9.69 Å². The molecule has 0 amide bonds. The quantitative estimate of drug-likeness (QED) is 0.395. The second-order valence-corrected chi connectivity index (χ2v) is 4.85. The van der Waals surface area contributed by atoms with Gasteiger partial charge in [0.15, 0.2) is 0 Å². The fourth-order valence-electron chi connectivity index (χ4n) is 1.80. The number of ether oxygens (including phenoxy) is 1. The summed E-state index contributed by atoms with van der Waals surface area (Å²) in [4.78, 5) is 13.3. The number of carbonyl (C=O) groups excluding carboxylic acids is 1. The van der Waals surface area contributed by atoms with Crippen LogP contribution in [0.2, 0.25) is 0 Å². The van der Waals surface area contributed by atoms with Crippen LogP contribution in [0, 0.1) is 0 Å². The van der Waals surface area contributed by atoms with Crippen molar-refractivity contribution in [3.63, 3.8) is 0 Å². The Morgan fingerprint density at radius 2 is 2.00 bits per heavy atom. The van der Waals surface area contributed by atoms with Gasteiger partial charge < -0.3 is 4.74 Å². The smallest absolute Gasteiger partial charge is 0.307 e. The Hall–Kier alpha value is 0.120. The van der Waals surface area contributed by atoms with Crippen molar-refractivity contribution in [3.05, 3.63) is 0 Å². The first-order valence-electron chi connectivity index (χ1n) is 4.56. The van der Waals surface area contributed by atoms with Crippen LogP contribution in [0.15, 0.2) is 0 Å². The lowest BCUT2D eigenvalue weighted by Gasteiger charge is -2.34. The van der Waals surface area contributed by atoms with Gasteiger partial charge in [-0.2, -0.15) is 0 Å². The van der Waals surface area contributed by atoms with Crippen LogP contribution in [0.25, 0.3) is 0 Å². The SMILES string of the molecule is O=C1CC(N2CCN(I)CC2)CO1. The summed E-state index contributed by atoms with van der Waals surface area (Å²) in [6, 6.07) is 0.345. The highest BCUT2D eigenvalue weighted by Gasteiger charge is 2.30. The zero-order valence-corrected chi connectivity index (χ0v) is 9.57. The van der Waals surface area contributed by atoms with Crippen LogP contribution in [0.5, 0.6) is 0 Å². The van der Waals surface area contributed by atoms with Gasteiger partial charge in [-0.25, -0.2) is 3.11 Å². The molecular weight excluding hydrogens is 283 g/mol. The maximum atomic E-state index is 10.9. The lowest BCUT2D eigenvalue weighted by molar-refractivity contribution is -0.137. The summed E-state index contributed by atoms with van der Waals surface area (Å²) in [7, 11) is 0. The number of piperazine rings is 1. The summed E-state index contributed by atoms with van der Waals surface area (Å²) in [5.41, 5.74) is 0. The maximum absolute atomic E-state index is 10.9. The van der Waals surface area contributed by atoms with Gasteiger partial charge in [-0.15, -0.1) is 0 Å². The van der Waals surface area contributed by atoms with E-state index in [1.165, 1.54) is 0 Å². The molecule has 2 fully saturated rings. The first kappa shape index (κ1) is 9.67. The van der Waals surface area contributed by atoms with Crippen LogP contribution in [0.1, 0.15) is 6.42 Å². The summed E-state index contributed by atoms with van der Waals surface area (Å²) >= 11 is 2.34. The van der Waals surface area contributed by atoms with Gasteiger partial charge in [0.2, 0.25) is 0 Å². The molecule has 13 heavy (non-hydrogen) atoms. The number of cyclic esters (lactones) is 1. The van der Waals surface area contributed by atoms with E-state index in [0.29, 0.717) is 19.1 Å². The van der Waals surface area contributed by atoms with E-state index in [0.717, 1.165) is 26.2 Å². The number of hydrogen-bond donors (Lipinski definition) is 0. The first-order valence-corrected chi connectivity index (χ1v) is 5.52. The Labute approximate surface area is 91.7 Å². The van der Waals surface area contributed by atoms with E-state index < -0.39 is 0 Å². The highest BCUT2D eigenvalue weighted by Crippen LogP contribution is 2.16. The van der Waals surface area contributed by atoms with Crippen molar-refractivity contribution in [2.24, 2.45) is 0 Å². The van der Waals surface area contributed by atoms with Crippen LogP contribution in [-0.2, 0) is 9.53 Å². The van der Waals surface area contributed by atoms with Crippen molar-refractivity contribution in [1.82, 2.24) is 8.01 Å². The molecule has 2 aliphatic rings. The van der Waals surface area contributed by atoms with E-state index in [1.54, 1.807) is 0 Å². The molecule has 2 heterocycles. The van der Waals surface area contributed by atoms with E-state index in [1.807, 2.05) is 0 Å². The number of esters is 1.